The lowest BCUT2D eigenvalue weighted by Crippen LogP contribution is -2.41. The van der Waals surface area contributed by atoms with E-state index in [1.54, 1.807) is 7.05 Å². The monoisotopic (exact) mass is 245 g/mol. The maximum Gasteiger partial charge on any atom is 0.326 e. The minimum Gasteiger partial charge on any atom is -0.480 e. The van der Waals surface area contributed by atoms with Crippen molar-refractivity contribution >= 4 is 23.6 Å². The zero-order valence-electron chi connectivity index (χ0n) is 9.81. The summed E-state index contributed by atoms with van der Waals surface area (Å²) in [4.78, 5) is 23.9. The molecule has 0 aromatic carbocycles. The summed E-state index contributed by atoms with van der Waals surface area (Å²) in [6.45, 7) is 1.54. The fraction of sp³-hybridized carbons (Fsp3) is 0.818. The van der Waals surface area contributed by atoms with Crippen LogP contribution in [0.1, 0.15) is 32.6 Å². The van der Waals surface area contributed by atoms with Crippen molar-refractivity contribution in [2.24, 2.45) is 0 Å². The molecule has 0 bridgehead atoms. The van der Waals surface area contributed by atoms with Gasteiger partial charge in [-0.1, -0.05) is 6.42 Å². The van der Waals surface area contributed by atoms with Gasteiger partial charge >= 0.3 is 5.97 Å². The summed E-state index contributed by atoms with van der Waals surface area (Å²) in [7, 11) is 1.56. The first kappa shape index (κ1) is 13.4. The van der Waals surface area contributed by atoms with Gasteiger partial charge in [0.2, 0.25) is 5.91 Å². The molecule has 0 aromatic rings. The molecular formula is C11H19NO3S. The van der Waals surface area contributed by atoms with Crippen molar-refractivity contribution in [3.8, 4) is 0 Å². The number of thioether (sulfide) groups is 1. The van der Waals surface area contributed by atoms with Gasteiger partial charge in [-0.15, -0.1) is 0 Å². The van der Waals surface area contributed by atoms with E-state index < -0.39 is 12.0 Å². The quantitative estimate of drug-likeness (QED) is 0.817. The fourth-order valence-corrected chi connectivity index (χ4v) is 2.99. The fourth-order valence-electron chi connectivity index (χ4n) is 1.69. The lowest BCUT2D eigenvalue weighted by Gasteiger charge is -2.26. The third-order valence-corrected chi connectivity index (χ3v) is 4.41. The molecular weight excluding hydrogens is 226 g/mol. The van der Waals surface area contributed by atoms with Crippen LogP contribution < -0.4 is 0 Å². The van der Waals surface area contributed by atoms with E-state index in [1.807, 2.05) is 11.8 Å². The second kappa shape index (κ2) is 6.13. The van der Waals surface area contributed by atoms with Crippen LogP contribution in [-0.4, -0.2) is 46.0 Å². The lowest BCUT2D eigenvalue weighted by atomic mass is 10.1. The molecule has 1 rings (SSSR count). The number of hydrogen-bond acceptors (Lipinski definition) is 3. The van der Waals surface area contributed by atoms with Crippen molar-refractivity contribution in [2.75, 3.05) is 12.8 Å². The highest BCUT2D eigenvalue weighted by atomic mass is 32.2. The van der Waals surface area contributed by atoms with Crippen LogP contribution in [0.2, 0.25) is 0 Å². The molecule has 1 amide bonds. The second-order valence-corrected chi connectivity index (χ2v) is 5.62. The van der Waals surface area contributed by atoms with E-state index in [2.05, 4.69) is 0 Å². The van der Waals surface area contributed by atoms with Gasteiger partial charge in [0, 0.05) is 18.7 Å². The average molecular weight is 245 g/mol. The molecule has 1 aliphatic heterocycles. The van der Waals surface area contributed by atoms with Crippen molar-refractivity contribution in [3.05, 3.63) is 0 Å². The molecule has 0 radical (unpaired) electrons. The van der Waals surface area contributed by atoms with Crippen molar-refractivity contribution in [1.29, 1.82) is 0 Å². The van der Waals surface area contributed by atoms with Gasteiger partial charge in [0.05, 0.1) is 0 Å². The van der Waals surface area contributed by atoms with Gasteiger partial charge in [-0.05, 0) is 25.5 Å². The predicted molar refractivity (Wildman–Crippen MR) is 64.6 cm³/mol. The van der Waals surface area contributed by atoms with Crippen molar-refractivity contribution in [3.63, 3.8) is 0 Å². The van der Waals surface area contributed by atoms with Gasteiger partial charge in [0.15, 0.2) is 0 Å². The highest BCUT2D eigenvalue weighted by Gasteiger charge is 2.25. The normalized spacial score (nSPS) is 22.5. The van der Waals surface area contributed by atoms with E-state index >= 15 is 0 Å². The van der Waals surface area contributed by atoms with Crippen molar-refractivity contribution in [1.82, 2.24) is 4.90 Å². The first-order chi connectivity index (χ1) is 7.52. The molecule has 1 aliphatic rings. The number of carbonyl (C=O) groups is 2. The number of rotatable bonds is 4. The number of aliphatic carboxylic acids is 1. The summed E-state index contributed by atoms with van der Waals surface area (Å²) in [6, 6.07) is -0.735. The van der Waals surface area contributed by atoms with Crippen LogP contribution in [-0.2, 0) is 9.59 Å². The van der Waals surface area contributed by atoms with Crippen LogP contribution in [0.15, 0.2) is 0 Å². The SMILES string of the molecule is CC(C(=O)O)N(C)C(=O)CC1CCCCS1. The van der Waals surface area contributed by atoms with Gasteiger partial charge in [0.1, 0.15) is 6.04 Å². The lowest BCUT2D eigenvalue weighted by molar-refractivity contribution is -0.148. The number of nitrogens with zero attached hydrogens (tertiary/aromatic N) is 1. The minimum atomic E-state index is -0.952. The largest absolute Gasteiger partial charge is 0.480 e. The Morgan fingerprint density at radius 2 is 2.19 bits per heavy atom. The Kier molecular flexibility index (Phi) is 5.12. The summed E-state index contributed by atoms with van der Waals surface area (Å²) < 4.78 is 0. The number of carboxylic acids is 1. The van der Waals surface area contributed by atoms with Crippen LogP contribution >= 0.6 is 11.8 Å². The Labute approximate surface area is 100 Å². The average Bonchev–Trinajstić information content (AvgIpc) is 2.28. The molecule has 1 fully saturated rings. The van der Waals surface area contributed by atoms with Gasteiger partial charge in [-0.3, -0.25) is 4.79 Å². The zero-order valence-corrected chi connectivity index (χ0v) is 10.6. The number of hydrogen-bond donors (Lipinski definition) is 1. The Bertz CT molecular complexity index is 264. The molecule has 0 saturated carbocycles. The second-order valence-electron chi connectivity index (χ2n) is 4.21. The first-order valence-electron chi connectivity index (χ1n) is 5.62. The van der Waals surface area contributed by atoms with E-state index in [0.29, 0.717) is 11.7 Å². The molecule has 1 N–H and O–H groups in total. The van der Waals surface area contributed by atoms with Gasteiger partial charge in [0.25, 0.3) is 0 Å². The van der Waals surface area contributed by atoms with Crippen LogP contribution in [0, 0.1) is 0 Å². The molecule has 1 saturated heterocycles. The third-order valence-electron chi connectivity index (χ3n) is 3.01. The summed E-state index contributed by atoms with van der Waals surface area (Å²) in [5.41, 5.74) is 0. The highest BCUT2D eigenvalue weighted by Crippen LogP contribution is 2.27. The molecule has 92 valence electrons. The molecule has 0 aromatic heterocycles. The number of likely N-dealkylation sites (N-methyl/N-ethyl adjacent to an activating group) is 1. The molecule has 1 heterocycles. The van der Waals surface area contributed by atoms with Gasteiger partial charge < -0.3 is 10.0 Å². The minimum absolute atomic E-state index is 0.0608. The Hall–Kier alpha value is -0.710. The molecule has 0 aliphatic carbocycles. The maximum atomic E-state index is 11.8. The Balaban J connectivity index is 2.41. The number of carboxylic acid groups (broad SMARTS) is 1. The Morgan fingerprint density at radius 1 is 1.50 bits per heavy atom. The van der Waals surface area contributed by atoms with E-state index in [-0.39, 0.29) is 5.91 Å². The summed E-state index contributed by atoms with van der Waals surface area (Å²) in [6.07, 6.45) is 3.96. The zero-order chi connectivity index (χ0) is 12.1. The first-order valence-corrected chi connectivity index (χ1v) is 6.67. The summed E-state index contributed by atoms with van der Waals surface area (Å²) >= 11 is 1.83. The van der Waals surface area contributed by atoms with E-state index in [9.17, 15) is 9.59 Å². The highest BCUT2D eigenvalue weighted by molar-refractivity contribution is 7.99. The number of amides is 1. The van der Waals surface area contributed by atoms with Crippen LogP contribution in [0.3, 0.4) is 0 Å². The van der Waals surface area contributed by atoms with Crippen molar-refractivity contribution in [2.45, 2.75) is 43.9 Å². The van der Waals surface area contributed by atoms with Crippen LogP contribution in [0.4, 0.5) is 0 Å². The maximum absolute atomic E-state index is 11.8. The standard InChI is InChI=1S/C11H19NO3S/c1-8(11(14)15)12(2)10(13)7-9-5-3-4-6-16-9/h8-9H,3-7H2,1-2H3,(H,14,15). The topological polar surface area (TPSA) is 57.6 Å². The molecule has 0 spiro atoms. The van der Waals surface area contributed by atoms with E-state index in [4.69, 9.17) is 5.11 Å². The molecule has 4 nitrogen and oxygen atoms in total. The molecule has 5 heteroatoms. The van der Waals surface area contributed by atoms with E-state index in [0.717, 1.165) is 12.2 Å². The number of carbonyl (C=O) groups excluding carboxylic acids is 1. The Morgan fingerprint density at radius 3 is 2.69 bits per heavy atom. The summed E-state index contributed by atoms with van der Waals surface area (Å²) in [5, 5.41) is 9.19. The van der Waals surface area contributed by atoms with Gasteiger partial charge in [-0.2, -0.15) is 11.8 Å². The van der Waals surface area contributed by atoms with Crippen LogP contribution in [0.25, 0.3) is 0 Å². The predicted octanol–water partition coefficient (Wildman–Crippen LogP) is 1.59. The molecule has 2 unspecified atom stereocenters. The molecule has 2 atom stereocenters. The van der Waals surface area contributed by atoms with Crippen LogP contribution in [0.5, 0.6) is 0 Å². The third kappa shape index (κ3) is 3.70. The smallest absolute Gasteiger partial charge is 0.326 e. The van der Waals surface area contributed by atoms with Gasteiger partial charge in [-0.25, -0.2) is 4.79 Å². The van der Waals surface area contributed by atoms with Crippen molar-refractivity contribution < 1.29 is 14.7 Å². The summed E-state index contributed by atoms with van der Waals surface area (Å²) in [5.74, 6) is 0.109. The molecule has 16 heavy (non-hydrogen) atoms. The van der Waals surface area contributed by atoms with E-state index in [1.165, 1.54) is 24.7 Å².